The van der Waals surface area contributed by atoms with E-state index in [9.17, 15) is 0 Å². The second-order valence-electron chi connectivity index (χ2n) is 4.51. The van der Waals surface area contributed by atoms with Crippen molar-refractivity contribution in [2.24, 2.45) is 0 Å². The van der Waals surface area contributed by atoms with Crippen molar-refractivity contribution < 1.29 is 4.74 Å². The summed E-state index contributed by atoms with van der Waals surface area (Å²) in [5, 5.41) is 4.56. The van der Waals surface area contributed by atoms with E-state index >= 15 is 0 Å². The summed E-state index contributed by atoms with van der Waals surface area (Å²) < 4.78 is 6.46. The van der Waals surface area contributed by atoms with Crippen molar-refractivity contribution in [3.8, 4) is 5.75 Å². The van der Waals surface area contributed by atoms with Gasteiger partial charge in [0, 0.05) is 10.0 Å². The van der Waals surface area contributed by atoms with Gasteiger partial charge in [-0.05, 0) is 65.3 Å². The molecule has 1 unspecified atom stereocenters. The van der Waals surface area contributed by atoms with Crippen LogP contribution in [0.3, 0.4) is 0 Å². The van der Waals surface area contributed by atoms with E-state index in [0.29, 0.717) is 16.7 Å². The maximum absolute atomic E-state index is 6.31. The number of hydrogen-bond acceptors (Lipinski definition) is 2. The summed E-state index contributed by atoms with van der Waals surface area (Å²) in [4.78, 5) is 0. The lowest BCUT2D eigenvalue weighted by Crippen LogP contribution is -2.18. The molecule has 0 aliphatic carbocycles. The van der Waals surface area contributed by atoms with Gasteiger partial charge in [-0.1, -0.05) is 35.3 Å². The maximum Gasteiger partial charge on any atom is 0.133 e. The first-order valence-electron chi connectivity index (χ1n) is 6.61. The number of hydrogen-bond donors (Lipinski definition) is 1. The van der Waals surface area contributed by atoms with E-state index < -0.39 is 0 Å². The molecule has 0 saturated carbocycles. The van der Waals surface area contributed by atoms with Crippen LogP contribution in [-0.4, -0.2) is 13.7 Å². The second-order valence-corrected chi connectivity index (χ2v) is 6.21. The Hall–Kier alpha value is -0.740. The van der Waals surface area contributed by atoms with Crippen molar-refractivity contribution >= 4 is 39.1 Å². The Kier molecular flexibility index (Phi) is 5.94. The number of halogens is 3. The highest BCUT2D eigenvalue weighted by Crippen LogP contribution is 2.34. The SMILES string of the molecule is CCOc1ccc(C(NC)c2ccc(Cl)cc2Cl)cc1Br. The predicted molar refractivity (Wildman–Crippen MR) is 92.7 cm³/mol. The third-order valence-electron chi connectivity index (χ3n) is 3.15. The molecular weight excluding hydrogens is 373 g/mol. The number of nitrogens with one attached hydrogen (secondary N) is 1. The van der Waals surface area contributed by atoms with Crippen LogP contribution in [0.2, 0.25) is 10.0 Å². The molecule has 0 saturated heterocycles. The fraction of sp³-hybridized carbons (Fsp3) is 0.250. The number of ether oxygens (including phenoxy) is 1. The zero-order valence-electron chi connectivity index (χ0n) is 11.8. The first-order valence-corrected chi connectivity index (χ1v) is 8.16. The Morgan fingerprint density at radius 2 is 1.95 bits per heavy atom. The van der Waals surface area contributed by atoms with Gasteiger partial charge in [0.2, 0.25) is 0 Å². The van der Waals surface area contributed by atoms with Crippen LogP contribution in [0.25, 0.3) is 0 Å². The monoisotopic (exact) mass is 387 g/mol. The van der Waals surface area contributed by atoms with Crippen molar-refractivity contribution in [1.29, 1.82) is 0 Å². The molecule has 0 aromatic heterocycles. The summed E-state index contributed by atoms with van der Waals surface area (Å²) in [6.07, 6.45) is 0. The molecule has 21 heavy (non-hydrogen) atoms. The lowest BCUT2D eigenvalue weighted by molar-refractivity contribution is 0.338. The van der Waals surface area contributed by atoms with Gasteiger partial charge in [-0.25, -0.2) is 0 Å². The molecule has 0 heterocycles. The number of benzene rings is 2. The Labute approximate surface area is 143 Å². The predicted octanol–water partition coefficient (Wildman–Crippen LogP) is 5.46. The summed E-state index contributed by atoms with van der Waals surface area (Å²) in [6, 6.07) is 11.6. The zero-order chi connectivity index (χ0) is 15.4. The highest BCUT2D eigenvalue weighted by Gasteiger charge is 2.16. The van der Waals surface area contributed by atoms with Crippen LogP contribution in [0.4, 0.5) is 0 Å². The van der Waals surface area contributed by atoms with E-state index in [1.54, 1.807) is 6.07 Å². The van der Waals surface area contributed by atoms with Gasteiger partial charge in [0.15, 0.2) is 0 Å². The normalized spacial score (nSPS) is 12.2. The Bertz CT molecular complexity index is 634. The summed E-state index contributed by atoms with van der Waals surface area (Å²) in [5.41, 5.74) is 2.08. The molecule has 2 aromatic carbocycles. The molecule has 1 atom stereocenters. The van der Waals surface area contributed by atoms with Crippen LogP contribution in [0.5, 0.6) is 5.75 Å². The quantitative estimate of drug-likeness (QED) is 0.733. The molecule has 0 aliphatic rings. The van der Waals surface area contributed by atoms with E-state index in [-0.39, 0.29) is 6.04 Å². The minimum Gasteiger partial charge on any atom is -0.493 e. The molecule has 0 amide bonds. The Morgan fingerprint density at radius 1 is 1.19 bits per heavy atom. The fourth-order valence-electron chi connectivity index (χ4n) is 2.21. The third-order valence-corrected chi connectivity index (χ3v) is 4.33. The van der Waals surface area contributed by atoms with E-state index in [0.717, 1.165) is 21.3 Å². The maximum atomic E-state index is 6.31. The molecular formula is C16H16BrCl2NO. The average molecular weight is 389 g/mol. The summed E-state index contributed by atoms with van der Waals surface area (Å²) in [5.74, 6) is 0.832. The molecule has 0 radical (unpaired) electrons. The van der Waals surface area contributed by atoms with Crippen molar-refractivity contribution in [1.82, 2.24) is 5.32 Å². The highest BCUT2D eigenvalue weighted by molar-refractivity contribution is 9.10. The molecule has 0 aliphatic heterocycles. The largest absolute Gasteiger partial charge is 0.493 e. The third kappa shape index (κ3) is 3.92. The average Bonchev–Trinajstić information content (AvgIpc) is 2.45. The standard InChI is InChI=1S/C16H16BrCl2NO/c1-3-21-15-7-4-10(8-13(15)17)16(20-2)12-6-5-11(18)9-14(12)19/h4-9,16,20H,3H2,1-2H3. The van der Waals surface area contributed by atoms with Crippen LogP contribution in [0.15, 0.2) is 40.9 Å². The van der Waals surface area contributed by atoms with Crippen LogP contribution < -0.4 is 10.1 Å². The minimum absolute atomic E-state index is 0.0123. The van der Waals surface area contributed by atoms with Gasteiger partial charge in [0.05, 0.1) is 17.1 Å². The zero-order valence-corrected chi connectivity index (χ0v) is 14.9. The summed E-state index contributed by atoms with van der Waals surface area (Å²) in [7, 11) is 1.90. The van der Waals surface area contributed by atoms with Gasteiger partial charge in [-0.2, -0.15) is 0 Å². The van der Waals surface area contributed by atoms with Gasteiger partial charge in [0.1, 0.15) is 5.75 Å². The molecule has 112 valence electrons. The highest BCUT2D eigenvalue weighted by atomic mass is 79.9. The van der Waals surface area contributed by atoms with Gasteiger partial charge in [-0.15, -0.1) is 0 Å². The van der Waals surface area contributed by atoms with Crippen LogP contribution in [0, 0.1) is 0 Å². The van der Waals surface area contributed by atoms with Crippen molar-refractivity contribution in [3.63, 3.8) is 0 Å². The lowest BCUT2D eigenvalue weighted by Gasteiger charge is -2.20. The number of rotatable bonds is 5. The molecule has 2 rings (SSSR count). The molecule has 1 N–H and O–H groups in total. The topological polar surface area (TPSA) is 21.3 Å². The van der Waals surface area contributed by atoms with Crippen molar-refractivity contribution in [2.75, 3.05) is 13.7 Å². The van der Waals surface area contributed by atoms with Gasteiger partial charge >= 0.3 is 0 Å². The molecule has 5 heteroatoms. The van der Waals surface area contributed by atoms with E-state index in [1.807, 2.05) is 44.3 Å². The molecule has 2 nitrogen and oxygen atoms in total. The Morgan fingerprint density at radius 3 is 2.52 bits per heavy atom. The van der Waals surface area contributed by atoms with Crippen LogP contribution in [0.1, 0.15) is 24.1 Å². The van der Waals surface area contributed by atoms with Gasteiger partial charge in [-0.3, -0.25) is 0 Å². The lowest BCUT2D eigenvalue weighted by atomic mass is 9.99. The molecule has 2 aromatic rings. The smallest absolute Gasteiger partial charge is 0.133 e. The van der Waals surface area contributed by atoms with Crippen LogP contribution >= 0.6 is 39.1 Å². The summed E-state index contributed by atoms with van der Waals surface area (Å²) in [6.45, 7) is 2.60. The second kappa shape index (κ2) is 7.50. The van der Waals surface area contributed by atoms with E-state index in [1.165, 1.54) is 0 Å². The first-order chi connectivity index (χ1) is 10.1. The van der Waals surface area contributed by atoms with Crippen LogP contribution in [-0.2, 0) is 0 Å². The van der Waals surface area contributed by atoms with E-state index in [4.69, 9.17) is 27.9 Å². The first kappa shape index (κ1) is 16.6. The molecule has 0 bridgehead atoms. The fourth-order valence-corrected chi connectivity index (χ4v) is 3.24. The van der Waals surface area contributed by atoms with Crippen molar-refractivity contribution in [3.05, 3.63) is 62.0 Å². The van der Waals surface area contributed by atoms with E-state index in [2.05, 4.69) is 21.2 Å². The molecule has 0 fully saturated rings. The van der Waals surface area contributed by atoms with Gasteiger partial charge < -0.3 is 10.1 Å². The minimum atomic E-state index is -0.0123. The Balaban J connectivity index is 2.39. The summed E-state index contributed by atoms with van der Waals surface area (Å²) >= 11 is 15.8. The van der Waals surface area contributed by atoms with Crippen molar-refractivity contribution in [2.45, 2.75) is 13.0 Å². The van der Waals surface area contributed by atoms with Gasteiger partial charge in [0.25, 0.3) is 0 Å². The molecule has 0 spiro atoms.